The first-order valence-corrected chi connectivity index (χ1v) is 14.6. The minimum atomic E-state index is -0.385. The molecule has 0 aromatic rings. The van der Waals surface area contributed by atoms with Gasteiger partial charge in [-0.1, -0.05) is 53.4 Å². The molecule has 0 aromatic heterocycles. The monoisotopic (exact) mass is 444 g/mol. The van der Waals surface area contributed by atoms with Gasteiger partial charge in [-0.05, 0) is 123 Å². The van der Waals surface area contributed by atoms with Crippen LogP contribution in [-0.2, 0) is 0 Å². The average molecular weight is 445 g/mol. The summed E-state index contributed by atoms with van der Waals surface area (Å²) >= 11 is 0. The van der Waals surface area contributed by atoms with Crippen molar-refractivity contribution in [1.29, 1.82) is 0 Å². The average Bonchev–Trinajstić information content (AvgIpc) is 3.41. The van der Waals surface area contributed by atoms with Gasteiger partial charge in [-0.15, -0.1) is 0 Å². The molecule has 5 fully saturated rings. The lowest BCUT2D eigenvalue weighted by atomic mass is 9.43. The first-order chi connectivity index (χ1) is 15.2. The molecule has 2 nitrogen and oxygen atoms in total. The highest BCUT2D eigenvalue weighted by Crippen LogP contribution is 2.69. The standard InChI is InChI=1S/C30H52O2/c1-5-30(32)17-16-28(3)22(19-30)10-11-23-25-13-12-24(29(25,4)15-14-26(23)28)20(2)27(31)18-21-8-6-7-9-21/h20-27,31-32H,5-19H2,1-4H3/t20?,22-,23-,24+,25-,26-,27?,28-,29+,30-/m0/s1. The topological polar surface area (TPSA) is 40.5 Å². The largest absolute Gasteiger partial charge is 0.393 e. The van der Waals surface area contributed by atoms with Crippen LogP contribution >= 0.6 is 0 Å². The summed E-state index contributed by atoms with van der Waals surface area (Å²) in [5.41, 5.74) is 0.514. The highest BCUT2D eigenvalue weighted by Gasteiger charge is 2.61. The van der Waals surface area contributed by atoms with Crippen LogP contribution < -0.4 is 0 Å². The first kappa shape index (κ1) is 23.7. The van der Waals surface area contributed by atoms with Crippen LogP contribution in [0.15, 0.2) is 0 Å². The molecule has 0 heterocycles. The van der Waals surface area contributed by atoms with Crippen molar-refractivity contribution in [3.63, 3.8) is 0 Å². The summed E-state index contributed by atoms with van der Waals surface area (Å²) in [5, 5.41) is 22.3. The third-order valence-corrected chi connectivity index (χ3v) is 12.8. The zero-order valence-corrected chi connectivity index (χ0v) is 21.6. The third-order valence-electron chi connectivity index (χ3n) is 12.8. The summed E-state index contributed by atoms with van der Waals surface area (Å²) < 4.78 is 0. The quantitative estimate of drug-likeness (QED) is 0.465. The molecule has 5 saturated carbocycles. The third kappa shape index (κ3) is 3.73. The molecule has 0 aromatic carbocycles. The highest BCUT2D eigenvalue weighted by molar-refractivity contribution is 5.11. The predicted molar refractivity (Wildman–Crippen MR) is 132 cm³/mol. The van der Waals surface area contributed by atoms with Crippen molar-refractivity contribution in [2.75, 3.05) is 0 Å². The Kier molecular flexibility index (Phi) is 6.31. The van der Waals surface area contributed by atoms with Crippen LogP contribution in [0.4, 0.5) is 0 Å². The molecule has 5 aliphatic rings. The molecule has 0 radical (unpaired) electrons. The summed E-state index contributed by atoms with van der Waals surface area (Å²) in [6.07, 6.45) is 19.0. The molecule has 0 saturated heterocycles. The maximum Gasteiger partial charge on any atom is 0.0648 e. The number of aliphatic hydroxyl groups is 2. The normalized spacial score (nSPS) is 51.0. The Morgan fingerprint density at radius 3 is 2.28 bits per heavy atom. The van der Waals surface area contributed by atoms with Crippen molar-refractivity contribution >= 4 is 0 Å². The van der Waals surface area contributed by atoms with Crippen LogP contribution in [0.2, 0.25) is 0 Å². The van der Waals surface area contributed by atoms with E-state index in [-0.39, 0.29) is 11.7 Å². The second-order valence-electron chi connectivity index (χ2n) is 14.0. The molecule has 184 valence electrons. The molecule has 0 aliphatic heterocycles. The van der Waals surface area contributed by atoms with Gasteiger partial charge in [0.2, 0.25) is 0 Å². The second kappa shape index (κ2) is 8.54. The Bertz CT molecular complexity index is 670. The molecular weight excluding hydrogens is 392 g/mol. The van der Waals surface area contributed by atoms with Gasteiger partial charge in [-0.2, -0.15) is 0 Å². The van der Waals surface area contributed by atoms with E-state index in [2.05, 4.69) is 27.7 Å². The van der Waals surface area contributed by atoms with Crippen molar-refractivity contribution in [2.45, 2.75) is 136 Å². The molecule has 5 rings (SSSR count). The maximum atomic E-state index is 11.2. The van der Waals surface area contributed by atoms with Crippen molar-refractivity contribution < 1.29 is 10.2 Å². The number of hydrogen-bond donors (Lipinski definition) is 2. The van der Waals surface area contributed by atoms with Crippen LogP contribution in [0.1, 0.15) is 124 Å². The van der Waals surface area contributed by atoms with Crippen LogP contribution in [0.3, 0.4) is 0 Å². The number of hydrogen-bond acceptors (Lipinski definition) is 2. The first-order valence-electron chi connectivity index (χ1n) is 14.6. The Morgan fingerprint density at radius 1 is 0.844 bits per heavy atom. The van der Waals surface area contributed by atoms with E-state index in [1.165, 1.54) is 70.6 Å². The van der Waals surface area contributed by atoms with Crippen LogP contribution in [0, 0.1) is 52.3 Å². The van der Waals surface area contributed by atoms with Gasteiger partial charge < -0.3 is 10.2 Å². The minimum absolute atomic E-state index is 0.0882. The lowest BCUT2D eigenvalue weighted by molar-refractivity contribution is -0.154. The van der Waals surface area contributed by atoms with Crippen LogP contribution in [0.5, 0.6) is 0 Å². The van der Waals surface area contributed by atoms with Crippen LogP contribution in [0.25, 0.3) is 0 Å². The lowest BCUT2D eigenvalue weighted by Gasteiger charge is -2.62. The van der Waals surface area contributed by atoms with Gasteiger partial charge in [0, 0.05) is 0 Å². The molecule has 5 aliphatic carbocycles. The van der Waals surface area contributed by atoms with E-state index in [0.717, 1.165) is 55.3 Å². The molecule has 2 heteroatoms. The smallest absolute Gasteiger partial charge is 0.0648 e. The molecule has 0 amide bonds. The van der Waals surface area contributed by atoms with Gasteiger partial charge in [0.05, 0.1) is 11.7 Å². The predicted octanol–water partition coefficient (Wildman–Crippen LogP) is 7.36. The summed E-state index contributed by atoms with van der Waals surface area (Å²) in [4.78, 5) is 0. The Balaban J connectivity index is 1.29. The molecular formula is C30H52O2. The zero-order valence-electron chi connectivity index (χ0n) is 21.6. The lowest BCUT2D eigenvalue weighted by Crippen LogP contribution is -2.56. The van der Waals surface area contributed by atoms with Gasteiger partial charge in [0.1, 0.15) is 0 Å². The fourth-order valence-corrected chi connectivity index (χ4v) is 10.6. The summed E-state index contributed by atoms with van der Waals surface area (Å²) in [5.74, 6) is 5.34. The SMILES string of the molecule is CC[C@]1(O)CC[C@@]2(C)[C@@H](CC[C@@H]3[C@@H]2CC[C@]2(C)[C@@H](C(C)C(O)CC4CCCC4)CC[C@@H]32)C1. The van der Waals surface area contributed by atoms with Gasteiger partial charge in [-0.25, -0.2) is 0 Å². The Morgan fingerprint density at radius 2 is 1.56 bits per heavy atom. The number of fused-ring (bicyclic) bond motifs is 5. The minimum Gasteiger partial charge on any atom is -0.393 e. The Labute approximate surface area is 198 Å². The fraction of sp³-hybridized carbons (Fsp3) is 1.00. The van der Waals surface area contributed by atoms with E-state index in [4.69, 9.17) is 0 Å². The van der Waals surface area contributed by atoms with E-state index in [9.17, 15) is 10.2 Å². The summed E-state index contributed by atoms with van der Waals surface area (Å²) in [6, 6.07) is 0. The molecule has 10 atom stereocenters. The van der Waals surface area contributed by atoms with Crippen LogP contribution in [-0.4, -0.2) is 21.9 Å². The second-order valence-corrected chi connectivity index (χ2v) is 14.0. The fourth-order valence-electron chi connectivity index (χ4n) is 10.6. The molecule has 32 heavy (non-hydrogen) atoms. The van der Waals surface area contributed by atoms with E-state index in [1.807, 2.05) is 0 Å². The summed E-state index contributed by atoms with van der Waals surface area (Å²) in [7, 11) is 0. The van der Waals surface area contributed by atoms with Gasteiger partial charge in [0.25, 0.3) is 0 Å². The number of rotatable bonds is 5. The van der Waals surface area contributed by atoms with Crippen molar-refractivity contribution in [2.24, 2.45) is 52.3 Å². The summed E-state index contributed by atoms with van der Waals surface area (Å²) in [6.45, 7) is 9.83. The van der Waals surface area contributed by atoms with E-state index in [0.29, 0.717) is 22.7 Å². The van der Waals surface area contributed by atoms with Gasteiger partial charge in [0.15, 0.2) is 0 Å². The van der Waals surface area contributed by atoms with E-state index < -0.39 is 0 Å². The molecule has 2 N–H and O–H groups in total. The van der Waals surface area contributed by atoms with Gasteiger partial charge in [-0.3, -0.25) is 0 Å². The highest BCUT2D eigenvalue weighted by atomic mass is 16.3. The van der Waals surface area contributed by atoms with Crippen molar-refractivity contribution in [3.8, 4) is 0 Å². The molecule has 2 unspecified atom stereocenters. The zero-order chi connectivity index (χ0) is 22.7. The molecule has 0 spiro atoms. The van der Waals surface area contributed by atoms with Crippen molar-refractivity contribution in [1.82, 2.24) is 0 Å². The van der Waals surface area contributed by atoms with Gasteiger partial charge >= 0.3 is 0 Å². The van der Waals surface area contributed by atoms with Crippen molar-refractivity contribution in [3.05, 3.63) is 0 Å². The van der Waals surface area contributed by atoms with E-state index in [1.54, 1.807) is 0 Å². The van der Waals surface area contributed by atoms with E-state index >= 15 is 0 Å². The maximum absolute atomic E-state index is 11.2. The molecule has 0 bridgehead atoms. The number of aliphatic hydroxyl groups excluding tert-OH is 1. The Hall–Kier alpha value is -0.0800.